The van der Waals surface area contributed by atoms with E-state index < -0.39 is 0 Å². The Hall–Kier alpha value is -0.870. The molecule has 1 saturated heterocycles. The summed E-state index contributed by atoms with van der Waals surface area (Å²) in [7, 11) is 0. The highest BCUT2D eigenvalue weighted by atomic mass is 79.9. The molecule has 17 heavy (non-hydrogen) atoms. The van der Waals surface area contributed by atoms with Gasteiger partial charge in [0.25, 0.3) is 0 Å². The van der Waals surface area contributed by atoms with Gasteiger partial charge in [0.15, 0.2) is 0 Å². The average Bonchev–Trinajstić information content (AvgIpc) is 2.68. The molecule has 0 radical (unpaired) electrons. The molecule has 2 N–H and O–H groups in total. The zero-order valence-corrected chi connectivity index (χ0v) is 11.7. The van der Waals surface area contributed by atoms with Crippen LogP contribution in [0.3, 0.4) is 0 Å². The fraction of sp³-hybridized carbons (Fsp3) is 0.462. The van der Waals surface area contributed by atoms with Crippen LogP contribution in [0.1, 0.15) is 12.5 Å². The van der Waals surface area contributed by atoms with Crippen LogP contribution in [0.15, 0.2) is 22.7 Å². The van der Waals surface area contributed by atoms with Crippen molar-refractivity contribution in [3.8, 4) is 0 Å². The number of aryl methyl sites for hydroxylation is 1. The minimum Gasteiger partial charge on any atom is -0.325 e. The molecule has 1 aromatic rings. The fourth-order valence-electron chi connectivity index (χ4n) is 2.11. The van der Waals surface area contributed by atoms with Gasteiger partial charge in [-0.25, -0.2) is 0 Å². The maximum absolute atomic E-state index is 12.1. The van der Waals surface area contributed by atoms with Crippen LogP contribution in [0.4, 0.5) is 5.69 Å². The first-order valence-electron chi connectivity index (χ1n) is 5.85. The molecule has 3 nitrogen and oxygen atoms in total. The van der Waals surface area contributed by atoms with Gasteiger partial charge in [0.1, 0.15) is 0 Å². The zero-order valence-electron chi connectivity index (χ0n) is 10.1. The van der Waals surface area contributed by atoms with E-state index in [4.69, 9.17) is 0 Å². The minimum atomic E-state index is 0.0724. The van der Waals surface area contributed by atoms with Gasteiger partial charge in [-0.1, -0.05) is 13.0 Å². The Balaban J connectivity index is 2.07. The molecular weight excluding hydrogens is 280 g/mol. The highest BCUT2D eigenvalue weighted by molar-refractivity contribution is 9.10. The number of hydrogen-bond acceptors (Lipinski definition) is 2. The number of hydrogen-bond donors (Lipinski definition) is 2. The topological polar surface area (TPSA) is 41.1 Å². The third-order valence-electron chi connectivity index (χ3n) is 3.24. The molecule has 1 heterocycles. The van der Waals surface area contributed by atoms with Crippen LogP contribution in [0.5, 0.6) is 0 Å². The van der Waals surface area contributed by atoms with Gasteiger partial charge in [-0.05, 0) is 53.0 Å². The molecule has 0 aromatic heterocycles. The molecular formula is C13H17BrN2O. The molecule has 1 aliphatic heterocycles. The summed E-state index contributed by atoms with van der Waals surface area (Å²) < 4.78 is 0.935. The SMILES string of the molecule is Cc1ccc(NC(=O)C2CNCC2C)c(Br)c1. The second-order valence-electron chi connectivity index (χ2n) is 4.71. The number of carbonyl (C=O) groups is 1. The Morgan fingerprint density at radius 1 is 1.47 bits per heavy atom. The van der Waals surface area contributed by atoms with Gasteiger partial charge in [0.05, 0.1) is 11.6 Å². The van der Waals surface area contributed by atoms with Gasteiger partial charge in [-0.3, -0.25) is 4.79 Å². The van der Waals surface area contributed by atoms with Crippen LogP contribution < -0.4 is 10.6 Å². The maximum atomic E-state index is 12.1. The quantitative estimate of drug-likeness (QED) is 0.881. The second kappa shape index (κ2) is 5.19. The van der Waals surface area contributed by atoms with Crippen LogP contribution in [-0.2, 0) is 4.79 Å². The van der Waals surface area contributed by atoms with Crippen molar-refractivity contribution >= 4 is 27.5 Å². The summed E-state index contributed by atoms with van der Waals surface area (Å²) in [6.45, 7) is 5.83. The van der Waals surface area contributed by atoms with Crippen molar-refractivity contribution in [1.29, 1.82) is 0 Å². The monoisotopic (exact) mass is 296 g/mol. The van der Waals surface area contributed by atoms with Crippen molar-refractivity contribution in [3.63, 3.8) is 0 Å². The van der Waals surface area contributed by atoms with Crippen LogP contribution >= 0.6 is 15.9 Å². The molecule has 0 bridgehead atoms. The lowest BCUT2D eigenvalue weighted by Crippen LogP contribution is -2.27. The van der Waals surface area contributed by atoms with Gasteiger partial charge in [-0.2, -0.15) is 0 Å². The highest BCUT2D eigenvalue weighted by Gasteiger charge is 2.29. The van der Waals surface area contributed by atoms with Crippen molar-refractivity contribution < 1.29 is 4.79 Å². The third kappa shape index (κ3) is 2.87. The van der Waals surface area contributed by atoms with Gasteiger partial charge in [0, 0.05) is 11.0 Å². The zero-order chi connectivity index (χ0) is 12.4. The van der Waals surface area contributed by atoms with E-state index in [2.05, 4.69) is 33.5 Å². The van der Waals surface area contributed by atoms with E-state index in [1.54, 1.807) is 0 Å². The number of benzene rings is 1. The summed E-state index contributed by atoms with van der Waals surface area (Å²) >= 11 is 3.47. The number of amides is 1. The molecule has 2 unspecified atom stereocenters. The van der Waals surface area contributed by atoms with Crippen LogP contribution in [0, 0.1) is 18.8 Å². The Kier molecular flexibility index (Phi) is 3.84. The maximum Gasteiger partial charge on any atom is 0.229 e. The largest absolute Gasteiger partial charge is 0.325 e. The first kappa shape index (κ1) is 12.6. The number of anilines is 1. The Labute approximate surface area is 110 Å². The fourth-order valence-corrected chi connectivity index (χ4v) is 2.70. The average molecular weight is 297 g/mol. The lowest BCUT2D eigenvalue weighted by Gasteiger charge is -2.15. The predicted octanol–water partition coefficient (Wildman–Crippen LogP) is 2.55. The molecule has 92 valence electrons. The molecule has 1 aromatic carbocycles. The van der Waals surface area contributed by atoms with E-state index in [-0.39, 0.29) is 11.8 Å². The number of rotatable bonds is 2. The minimum absolute atomic E-state index is 0.0724. The van der Waals surface area contributed by atoms with Crippen molar-refractivity contribution in [3.05, 3.63) is 28.2 Å². The van der Waals surface area contributed by atoms with Gasteiger partial charge in [-0.15, -0.1) is 0 Å². The van der Waals surface area contributed by atoms with E-state index in [9.17, 15) is 4.79 Å². The summed E-state index contributed by atoms with van der Waals surface area (Å²) in [6.07, 6.45) is 0. The number of halogens is 1. The lowest BCUT2D eigenvalue weighted by molar-refractivity contribution is -0.120. The summed E-state index contributed by atoms with van der Waals surface area (Å²) in [5.41, 5.74) is 2.02. The van der Waals surface area contributed by atoms with Gasteiger partial charge in [0.2, 0.25) is 5.91 Å². The summed E-state index contributed by atoms with van der Waals surface area (Å²) in [5.74, 6) is 0.578. The van der Waals surface area contributed by atoms with Crippen molar-refractivity contribution in [1.82, 2.24) is 5.32 Å². The molecule has 0 saturated carbocycles. The number of nitrogens with one attached hydrogen (secondary N) is 2. The first-order chi connectivity index (χ1) is 8.08. The normalized spacial score (nSPS) is 23.7. The molecule has 2 rings (SSSR count). The second-order valence-corrected chi connectivity index (χ2v) is 5.57. The Morgan fingerprint density at radius 3 is 2.82 bits per heavy atom. The molecule has 2 atom stereocenters. The van der Waals surface area contributed by atoms with Crippen molar-refractivity contribution in [2.45, 2.75) is 13.8 Å². The molecule has 1 amide bonds. The van der Waals surface area contributed by atoms with E-state index in [1.807, 2.05) is 25.1 Å². The van der Waals surface area contributed by atoms with Crippen molar-refractivity contribution in [2.75, 3.05) is 18.4 Å². The molecule has 1 fully saturated rings. The Morgan fingerprint density at radius 2 is 2.24 bits per heavy atom. The van der Waals surface area contributed by atoms with E-state index >= 15 is 0 Å². The number of carbonyl (C=O) groups excluding carboxylic acids is 1. The van der Waals surface area contributed by atoms with Crippen molar-refractivity contribution in [2.24, 2.45) is 11.8 Å². The molecule has 1 aliphatic rings. The van der Waals surface area contributed by atoms with Crippen LogP contribution in [0.2, 0.25) is 0 Å². The molecule has 4 heteroatoms. The van der Waals surface area contributed by atoms with E-state index in [0.717, 1.165) is 23.2 Å². The van der Waals surface area contributed by atoms with Gasteiger partial charge < -0.3 is 10.6 Å². The summed E-state index contributed by atoms with van der Waals surface area (Å²) in [6, 6.07) is 5.94. The molecule has 0 aliphatic carbocycles. The van der Waals surface area contributed by atoms with E-state index in [0.29, 0.717) is 5.92 Å². The molecule has 0 spiro atoms. The standard InChI is InChI=1S/C13H17BrN2O/c1-8-3-4-12(11(14)5-8)16-13(17)10-7-15-6-9(10)2/h3-5,9-10,15H,6-7H2,1-2H3,(H,16,17). The lowest BCUT2D eigenvalue weighted by atomic mass is 9.97. The first-order valence-corrected chi connectivity index (χ1v) is 6.65. The van der Waals surface area contributed by atoms with E-state index in [1.165, 1.54) is 5.56 Å². The van der Waals surface area contributed by atoms with Crippen LogP contribution in [-0.4, -0.2) is 19.0 Å². The van der Waals surface area contributed by atoms with Crippen LogP contribution in [0.25, 0.3) is 0 Å². The summed E-state index contributed by atoms with van der Waals surface area (Å²) in [5, 5.41) is 6.22. The smallest absolute Gasteiger partial charge is 0.229 e. The predicted molar refractivity (Wildman–Crippen MR) is 73.0 cm³/mol. The van der Waals surface area contributed by atoms with Gasteiger partial charge >= 0.3 is 0 Å². The third-order valence-corrected chi connectivity index (χ3v) is 3.89. The summed E-state index contributed by atoms with van der Waals surface area (Å²) in [4.78, 5) is 12.1. The highest BCUT2D eigenvalue weighted by Crippen LogP contribution is 2.25. The Bertz CT molecular complexity index is 433.